The van der Waals surface area contributed by atoms with Gasteiger partial charge in [0.2, 0.25) is 0 Å². The maximum atomic E-state index is 9.48. The van der Waals surface area contributed by atoms with Crippen molar-refractivity contribution in [3.05, 3.63) is 41.2 Å². The normalized spacial score (nSPS) is 12.7. The summed E-state index contributed by atoms with van der Waals surface area (Å²) in [6, 6.07) is 5.52. The van der Waals surface area contributed by atoms with Gasteiger partial charge in [0, 0.05) is 6.04 Å². The Morgan fingerprint density at radius 3 is 2.58 bits per heavy atom. The van der Waals surface area contributed by atoms with Gasteiger partial charge in [0.1, 0.15) is 5.75 Å². The van der Waals surface area contributed by atoms with Crippen molar-refractivity contribution < 1.29 is 9.84 Å². The van der Waals surface area contributed by atoms with Crippen molar-refractivity contribution in [2.75, 3.05) is 0 Å². The maximum absolute atomic E-state index is 9.48. The summed E-state index contributed by atoms with van der Waals surface area (Å²) in [6.07, 6.45) is 2.93. The Labute approximate surface area is 117 Å². The van der Waals surface area contributed by atoms with Gasteiger partial charge in [0.25, 0.3) is 0 Å². The zero-order valence-corrected chi connectivity index (χ0v) is 11.9. The molecule has 0 radical (unpaired) electrons. The van der Waals surface area contributed by atoms with Crippen LogP contribution >= 0.6 is 11.6 Å². The number of halogens is 1. The Hall–Kier alpha value is -1.52. The van der Waals surface area contributed by atoms with Gasteiger partial charge in [-0.05, 0) is 38.5 Å². The highest BCUT2D eigenvalue weighted by atomic mass is 35.5. The maximum Gasteiger partial charge on any atom is 0.165 e. The van der Waals surface area contributed by atoms with Crippen LogP contribution in [-0.2, 0) is 0 Å². The van der Waals surface area contributed by atoms with Gasteiger partial charge in [-0.25, -0.2) is 0 Å². The van der Waals surface area contributed by atoms with Crippen LogP contribution in [0.15, 0.2) is 30.6 Å². The van der Waals surface area contributed by atoms with Crippen molar-refractivity contribution in [1.82, 2.24) is 9.78 Å². The van der Waals surface area contributed by atoms with E-state index in [4.69, 9.17) is 16.3 Å². The summed E-state index contributed by atoms with van der Waals surface area (Å²) in [5, 5.41) is 14.1. The molecule has 2 aromatic rings. The van der Waals surface area contributed by atoms with Crippen LogP contribution in [0.3, 0.4) is 0 Å². The van der Waals surface area contributed by atoms with Gasteiger partial charge >= 0.3 is 0 Å². The fourth-order valence-corrected chi connectivity index (χ4v) is 1.87. The molecule has 4 nitrogen and oxygen atoms in total. The van der Waals surface area contributed by atoms with Crippen LogP contribution in [0.5, 0.6) is 11.5 Å². The van der Waals surface area contributed by atoms with E-state index in [0.29, 0.717) is 16.5 Å². The molecule has 1 heterocycles. The van der Waals surface area contributed by atoms with Crippen LogP contribution in [0.4, 0.5) is 0 Å². The summed E-state index contributed by atoms with van der Waals surface area (Å²) in [5.41, 5.74) is 0.759. The standard InChI is InChI=1S/C14H17ClN2O2/c1-9(2)17-8-12(7-16-17)19-14-5-4-11(10(3)18)6-13(14)15/h4-10,18H,1-3H3/t10-/m1/s1. The van der Waals surface area contributed by atoms with Crippen molar-refractivity contribution in [3.8, 4) is 11.5 Å². The molecule has 0 fully saturated rings. The minimum absolute atomic E-state index is 0.283. The van der Waals surface area contributed by atoms with E-state index in [1.165, 1.54) is 0 Å². The summed E-state index contributed by atoms with van der Waals surface area (Å²) in [7, 11) is 0. The van der Waals surface area contributed by atoms with E-state index >= 15 is 0 Å². The highest BCUT2D eigenvalue weighted by Gasteiger charge is 2.09. The van der Waals surface area contributed by atoms with Gasteiger partial charge in [-0.2, -0.15) is 5.10 Å². The number of benzene rings is 1. The Morgan fingerprint density at radius 1 is 1.32 bits per heavy atom. The minimum Gasteiger partial charge on any atom is -0.452 e. The number of rotatable bonds is 4. The largest absolute Gasteiger partial charge is 0.452 e. The molecular weight excluding hydrogens is 264 g/mol. The summed E-state index contributed by atoms with van der Waals surface area (Å²) >= 11 is 6.13. The van der Waals surface area contributed by atoms with Gasteiger partial charge in [-0.15, -0.1) is 0 Å². The second-order valence-corrected chi connectivity index (χ2v) is 5.12. The molecule has 0 spiro atoms. The molecule has 0 aliphatic carbocycles. The lowest BCUT2D eigenvalue weighted by molar-refractivity contribution is 0.199. The Balaban J connectivity index is 2.18. The molecule has 19 heavy (non-hydrogen) atoms. The molecule has 0 saturated carbocycles. The first kappa shape index (κ1) is 13.9. The number of ether oxygens (including phenoxy) is 1. The topological polar surface area (TPSA) is 47.3 Å². The number of hydrogen-bond donors (Lipinski definition) is 1. The van der Waals surface area contributed by atoms with Crippen molar-refractivity contribution in [2.24, 2.45) is 0 Å². The molecule has 0 aliphatic rings. The summed E-state index contributed by atoms with van der Waals surface area (Å²) < 4.78 is 7.49. The van der Waals surface area contributed by atoms with E-state index in [2.05, 4.69) is 5.10 Å². The molecule has 1 N–H and O–H groups in total. The van der Waals surface area contributed by atoms with Crippen LogP contribution < -0.4 is 4.74 Å². The molecule has 1 aromatic carbocycles. The van der Waals surface area contributed by atoms with Gasteiger partial charge < -0.3 is 9.84 Å². The van der Waals surface area contributed by atoms with E-state index in [0.717, 1.165) is 5.56 Å². The highest BCUT2D eigenvalue weighted by molar-refractivity contribution is 6.32. The summed E-state index contributed by atoms with van der Waals surface area (Å²) in [5.74, 6) is 1.19. The van der Waals surface area contributed by atoms with E-state index in [1.54, 1.807) is 31.3 Å². The Kier molecular flexibility index (Phi) is 4.12. The smallest absolute Gasteiger partial charge is 0.165 e. The molecule has 5 heteroatoms. The average molecular weight is 281 g/mol. The predicted molar refractivity (Wildman–Crippen MR) is 74.8 cm³/mol. The lowest BCUT2D eigenvalue weighted by atomic mass is 10.1. The fraction of sp³-hybridized carbons (Fsp3) is 0.357. The summed E-state index contributed by atoms with van der Waals surface area (Å²) in [4.78, 5) is 0. The lowest BCUT2D eigenvalue weighted by Crippen LogP contribution is -1.99. The SMILES string of the molecule is CC(C)n1cc(Oc2ccc([C@@H](C)O)cc2Cl)cn1. The first-order chi connectivity index (χ1) is 8.97. The Bertz CT molecular complexity index is 564. The van der Waals surface area contributed by atoms with Crippen molar-refractivity contribution >= 4 is 11.6 Å². The molecule has 2 rings (SSSR count). The molecular formula is C14H17ClN2O2. The van der Waals surface area contributed by atoms with Crippen LogP contribution in [0.2, 0.25) is 5.02 Å². The molecule has 0 aliphatic heterocycles. The minimum atomic E-state index is -0.546. The highest BCUT2D eigenvalue weighted by Crippen LogP contribution is 2.31. The van der Waals surface area contributed by atoms with E-state index in [-0.39, 0.29) is 6.04 Å². The fourth-order valence-electron chi connectivity index (χ4n) is 1.64. The quantitative estimate of drug-likeness (QED) is 0.922. The summed E-state index contributed by atoms with van der Waals surface area (Å²) in [6.45, 7) is 5.78. The van der Waals surface area contributed by atoms with Crippen molar-refractivity contribution in [3.63, 3.8) is 0 Å². The lowest BCUT2D eigenvalue weighted by Gasteiger charge is -2.09. The molecule has 0 saturated heterocycles. The average Bonchev–Trinajstić information content (AvgIpc) is 2.80. The zero-order valence-electron chi connectivity index (χ0n) is 11.2. The van der Waals surface area contributed by atoms with Gasteiger partial charge in [-0.3, -0.25) is 4.68 Å². The third-order valence-electron chi connectivity index (χ3n) is 2.77. The molecule has 0 bridgehead atoms. The van der Waals surface area contributed by atoms with Crippen LogP contribution in [-0.4, -0.2) is 14.9 Å². The first-order valence-corrected chi connectivity index (χ1v) is 6.54. The van der Waals surface area contributed by atoms with Gasteiger partial charge in [0.15, 0.2) is 5.75 Å². The van der Waals surface area contributed by atoms with Crippen molar-refractivity contribution in [1.29, 1.82) is 0 Å². The second-order valence-electron chi connectivity index (χ2n) is 4.72. The molecule has 102 valence electrons. The molecule has 0 amide bonds. The number of aliphatic hydroxyl groups is 1. The predicted octanol–water partition coefficient (Wildman–Crippen LogP) is 3.96. The number of hydrogen-bond acceptors (Lipinski definition) is 3. The second kappa shape index (κ2) is 5.63. The molecule has 0 unspecified atom stereocenters. The van der Waals surface area contributed by atoms with Crippen LogP contribution in [0, 0.1) is 0 Å². The van der Waals surface area contributed by atoms with E-state index in [9.17, 15) is 5.11 Å². The zero-order chi connectivity index (χ0) is 14.0. The number of nitrogens with zero attached hydrogens (tertiary/aromatic N) is 2. The third kappa shape index (κ3) is 3.28. The van der Waals surface area contributed by atoms with Crippen LogP contribution in [0.1, 0.15) is 38.5 Å². The monoisotopic (exact) mass is 280 g/mol. The van der Waals surface area contributed by atoms with E-state index in [1.807, 2.05) is 24.7 Å². The molecule has 1 atom stereocenters. The van der Waals surface area contributed by atoms with Crippen molar-refractivity contribution in [2.45, 2.75) is 32.9 Å². The van der Waals surface area contributed by atoms with Gasteiger partial charge in [-0.1, -0.05) is 17.7 Å². The third-order valence-corrected chi connectivity index (χ3v) is 3.07. The Morgan fingerprint density at radius 2 is 2.05 bits per heavy atom. The number of aromatic nitrogens is 2. The van der Waals surface area contributed by atoms with Crippen LogP contribution in [0.25, 0.3) is 0 Å². The van der Waals surface area contributed by atoms with Gasteiger partial charge in [0.05, 0.1) is 23.5 Å². The first-order valence-electron chi connectivity index (χ1n) is 6.17. The van der Waals surface area contributed by atoms with E-state index < -0.39 is 6.10 Å². The number of aliphatic hydroxyl groups excluding tert-OH is 1. The molecule has 1 aromatic heterocycles.